The quantitative estimate of drug-likeness (QED) is 0.849. The fraction of sp³-hybridized carbons (Fsp3) is 0.375. The van der Waals surface area contributed by atoms with E-state index in [1.54, 1.807) is 22.4 Å². The zero-order chi connectivity index (χ0) is 17.2. The lowest BCUT2D eigenvalue weighted by molar-refractivity contribution is -0.137. The highest BCUT2D eigenvalue weighted by Gasteiger charge is 2.30. The van der Waals surface area contributed by atoms with Crippen molar-refractivity contribution >= 4 is 22.4 Å². The van der Waals surface area contributed by atoms with Gasteiger partial charge in [-0.15, -0.1) is 11.3 Å². The number of alkyl halides is 3. The van der Waals surface area contributed by atoms with Crippen LogP contribution in [0.4, 0.5) is 18.3 Å². The van der Waals surface area contributed by atoms with Crippen molar-refractivity contribution in [1.82, 2.24) is 9.88 Å². The Kier molecular flexibility index (Phi) is 4.75. The van der Waals surface area contributed by atoms with Crippen LogP contribution in [-0.4, -0.2) is 42.0 Å². The minimum atomic E-state index is -4.35. The predicted octanol–water partition coefficient (Wildman–Crippen LogP) is 3.05. The summed E-state index contributed by atoms with van der Waals surface area (Å²) in [4.78, 5) is 20.5. The number of rotatable bonds is 3. The van der Waals surface area contributed by atoms with Crippen molar-refractivity contribution < 1.29 is 18.0 Å². The lowest BCUT2D eigenvalue weighted by Crippen LogP contribution is -2.49. The average molecular weight is 355 g/mol. The van der Waals surface area contributed by atoms with Gasteiger partial charge in [-0.25, -0.2) is 4.98 Å². The second-order valence-electron chi connectivity index (χ2n) is 5.55. The van der Waals surface area contributed by atoms with Gasteiger partial charge in [-0.05, 0) is 17.7 Å². The maximum Gasteiger partial charge on any atom is 0.416 e. The van der Waals surface area contributed by atoms with E-state index in [0.717, 1.165) is 17.3 Å². The topological polar surface area (TPSA) is 36.4 Å². The standard InChI is InChI=1S/C16H16F3N3OS/c17-16(18,19)13-3-1-12(2-4-13)11-14(23)21-6-8-22(9-7-21)15-20-5-10-24-15/h1-5,10H,6-9,11H2. The molecule has 1 aliphatic heterocycles. The van der Waals surface area contributed by atoms with Crippen molar-refractivity contribution in [3.63, 3.8) is 0 Å². The average Bonchev–Trinajstić information content (AvgIpc) is 3.09. The van der Waals surface area contributed by atoms with Gasteiger partial charge in [0.2, 0.25) is 5.91 Å². The molecule has 0 saturated carbocycles. The normalized spacial score (nSPS) is 15.6. The molecular weight excluding hydrogens is 339 g/mol. The van der Waals surface area contributed by atoms with Crippen LogP contribution in [0, 0.1) is 0 Å². The molecule has 0 N–H and O–H groups in total. The highest BCUT2D eigenvalue weighted by molar-refractivity contribution is 7.13. The van der Waals surface area contributed by atoms with Crippen LogP contribution in [0.15, 0.2) is 35.8 Å². The summed E-state index contributed by atoms with van der Waals surface area (Å²) < 4.78 is 37.6. The number of anilines is 1. The first-order valence-electron chi connectivity index (χ1n) is 7.52. The molecule has 0 unspecified atom stereocenters. The van der Waals surface area contributed by atoms with Gasteiger partial charge in [0.05, 0.1) is 12.0 Å². The Morgan fingerprint density at radius 2 is 1.79 bits per heavy atom. The lowest BCUT2D eigenvalue weighted by Gasteiger charge is -2.34. The summed E-state index contributed by atoms with van der Waals surface area (Å²) in [6, 6.07) is 4.77. The van der Waals surface area contributed by atoms with E-state index in [1.165, 1.54) is 12.1 Å². The number of hydrogen-bond acceptors (Lipinski definition) is 4. The Bertz CT molecular complexity index is 678. The number of halogens is 3. The van der Waals surface area contributed by atoms with E-state index in [-0.39, 0.29) is 12.3 Å². The van der Waals surface area contributed by atoms with Crippen LogP contribution in [0.2, 0.25) is 0 Å². The second kappa shape index (κ2) is 6.80. The van der Waals surface area contributed by atoms with Gasteiger partial charge in [0.15, 0.2) is 5.13 Å². The molecule has 1 fully saturated rings. The van der Waals surface area contributed by atoms with E-state index in [4.69, 9.17) is 0 Å². The third-order valence-corrected chi connectivity index (χ3v) is 4.79. The van der Waals surface area contributed by atoms with E-state index in [9.17, 15) is 18.0 Å². The molecule has 3 rings (SSSR count). The number of nitrogens with zero attached hydrogens (tertiary/aromatic N) is 3. The van der Waals surface area contributed by atoms with Crippen molar-refractivity contribution in [2.75, 3.05) is 31.1 Å². The lowest BCUT2D eigenvalue weighted by atomic mass is 10.1. The monoisotopic (exact) mass is 355 g/mol. The summed E-state index contributed by atoms with van der Waals surface area (Å²) in [5.41, 5.74) is -0.105. The molecule has 8 heteroatoms. The summed E-state index contributed by atoms with van der Waals surface area (Å²) in [7, 11) is 0. The van der Waals surface area contributed by atoms with E-state index in [1.807, 2.05) is 5.38 Å². The number of thiazole rings is 1. The van der Waals surface area contributed by atoms with Crippen LogP contribution in [0.3, 0.4) is 0 Å². The minimum Gasteiger partial charge on any atom is -0.345 e. The van der Waals surface area contributed by atoms with E-state index in [2.05, 4.69) is 9.88 Å². The predicted molar refractivity (Wildman–Crippen MR) is 86.1 cm³/mol. The van der Waals surface area contributed by atoms with E-state index >= 15 is 0 Å². The van der Waals surface area contributed by atoms with Gasteiger partial charge in [0.1, 0.15) is 0 Å². The molecule has 1 saturated heterocycles. The summed E-state index contributed by atoms with van der Waals surface area (Å²) in [6.07, 6.45) is -2.48. The van der Waals surface area contributed by atoms with Crippen molar-refractivity contribution in [3.8, 4) is 0 Å². The number of benzene rings is 1. The summed E-state index contributed by atoms with van der Waals surface area (Å²) in [5.74, 6) is -0.0615. The van der Waals surface area contributed by atoms with Gasteiger partial charge in [-0.2, -0.15) is 13.2 Å². The van der Waals surface area contributed by atoms with Crippen LogP contribution in [0.1, 0.15) is 11.1 Å². The number of amides is 1. The number of hydrogen-bond donors (Lipinski definition) is 0. The fourth-order valence-electron chi connectivity index (χ4n) is 2.62. The molecule has 128 valence electrons. The number of carbonyl (C=O) groups excluding carboxylic acids is 1. The smallest absolute Gasteiger partial charge is 0.345 e. The third kappa shape index (κ3) is 3.87. The van der Waals surface area contributed by atoms with Crippen molar-refractivity contribution in [2.24, 2.45) is 0 Å². The summed E-state index contributed by atoms with van der Waals surface area (Å²) in [6.45, 7) is 2.62. The second-order valence-corrected chi connectivity index (χ2v) is 6.43. The van der Waals surface area contributed by atoms with Gasteiger partial charge in [-0.1, -0.05) is 12.1 Å². The first-order chi connectivity index (χ1) is 11.4. The molecule has 2 aromatic rings. The Labute approximate surface area is 141 Å². The van der Waals surface area contributed by atoms with Crippen LogP contribution in [0.5, 0.6) is 0 Å². The van der Waals surface area contributed by atoms with Crippen LogP contribution >= 0.6 is 11.3 Å². The molecule has 1 aromatic carbocycles. The molecule has 1 amide bonds. The molecule has 24 heavy (non-hydrogen) atoms. The maximum atomic E-state index is 12.5. The Hall–Kier alpha value is -2.09. The summed E-state index contributed by atoms with van der Waals surface area (Å²) >= 11 is 1.56. The maximum absolute atomic E-state index is 12.5. The number of piperazine rings is 1. The van der Waals surface area contributed by atoms with Crippen molar-refractivity contribution in [1.29, 1.82) is 0 Å². The van der Waals surface area contributed by atoms with Crippen LogP contribution in [0.25, 0.3) is 0 Å². The largest absolute Gasteiger partial charge is 0.416 e. The Morgan fingerprint density at radius 1 is 1.12 bits per heavy atom. The highest BCUT2D eigenvalue weighted by atomic mass is 32.1. The number of aromatic nitrogens is 1. The van der Waals surface area contributed by atoms with Gasteiger partial charge < -0.3 is 9.80 Å². The van der Waals surface area contributed by atoms with Crippen LogP contribution in [-0.2, 0) is 17.4 Å². The molecule has 2 heterocycles. The fourth-order valence-corrected chi connectivity index (χ4v) is 3.31. The number of carbonyl (C=O) groups is 1. The van der Waals surface area contributed by atoms with Gasteiger partial charge >= 0.3 is 6.18 Å². The molecule has 4 nitrogen and oxygen atoms in total. The zero-order valence-corrected chi connectivity index (χ0v) is 13.6. The summed E-state index contributed by atoms with van der Waals surface area (Å²) in [5, 5.41) is 2.86. The molecular formula is C16H16F3N3OS. The molecule has 0 radical (unpaired) electrons. The first-order valence-corrected chi connectivity index (χ1v) is 8.40. The van der Waals surface area contributed by atoms with Gasteiger partial charge in [0.25, 0.3) is 0 Å². The van der Waals surface area contributed by atoms with Gasteiger partial charge in [-0.3, -0.25) is 4.79 Å². The third-order valence-electron chi connectivity index (χ3n) is 3.96. The molecule has 1 aliphatic rings. The first kappa shape index (κ1) is 16.8. The zero-order valence-electron chi connectivity index (χ0n) is 12.8. The molecule has 0 bridgehead atoms. The molecule has 0 spiro atoms. The minimum absolute atomic E-state index is 0.0615. The molecule has 0 aliphatic carbocycles. The van der Waals surface area contributed by atoms with Crippen molar-refractivity contribution in [3.05, 3.63) is 47.0 Å². The molecule has 0 atom stereocenters. The van der Waals surface area contributed by atoms with Gasteiger partial charge in [0, 0.05) is 37.8 Å². The SMILES string of the molecule is O=C(Cc1ccc(C(F)(F)F)cc1)N1CCN(c2nccs2)CC1. The Balaban J connectivity index is 1.54. The Morgan fingerprint density at radius 3 is 2.33 bits per heavy atom. The van der Waals surface area contributed by atoms with Crippen molar-refractivity contribution in [2.45, 2.75) is 12.6 Å². The molecule has 1 aromatic heterocycles. The highest BCUT2D eigenvalue weighted by Crippen LogP contribution is 2.29. The van der Waals surface area contributed by atoms with E-state index in [0.29, 0.717) is 31.7 Å². The van der Waals surface area contributed by atoms with E-state index < -0.39 is 11.7 Å². The van der Waals surface area contributed by atoms with Crippen LogP contribution < -0.4 is 4.90 Å².